The van der Waals surface area contributed by atoms with E-state index < -0.39 is 23.7 Å². The van der Waals surface area contributed by atoms with Crippen LogP contribution in [0.4, 0.5) is 26.3 Å². The molecule has 0 aliphatic carbocycles. The summed E-state index contributed by atoms with van der Waals surface area (Å²) < 4.78 is 89.0. The quantitative estimate of drug-likeness (QED) is 0.210. The van der Waals surface area contributed by atoms with Gasteiger partial charge in [-0.05, 0) is 77.1 Å². The molecule has 37 heavy (non-hydrogen) atoms. The first-order valence-electron chi connectivity index (χ1n) is 11.6. The normalized spacial score (nSPS) is 11.8. The van der Waals surface area contributed by atoms with Crippen LogP contribution in [0.25, 0.3) is 10.8 Å². The number of aryl methyl sites for hydroxylation is 4. The molecule has 0 aromatic heterocycles. The molecule has 0 saturated heterocycles. The molecule has 4 rings (SSSR count). The molecule has 0 unspecified atom stereocenters. The van der Waals surface area contributed by atoms with E-state index in [4.69, 9.17) is 4.74 Å². The molecule has 194 valence electrons. The van der Waals surface area contributed by atoms with Gasteiger partial charge in [0.15, 0.2) is 11.6 Å². The summed E-state index contributed by atoms with van der Waals surface area (Å²) in [4.78, 5) is 0. The Labute approximate surface area is 210 Å². The van der Waals surface area contributed by atoms with Gasteiger partial charge in [0.1, 0.15) is 11.6 Å². The molecule has 0 heterocycles. The lowest BCUT2D eigenvalue weighted by molar-refractivity contribution is -0.275. The summed E-state index contributed by atoms with van der Waals surface area (Å²) in [5, 5.41) is 1.13. The fourth-order valence-electron chi connectivity index (χ4n) is 4.25. The average molecular weight is 518 g/mol. The Morgan fingerprint density at radius 3 is 1.95 bits per heavy atom. The van der Waals surface area contributed by atoms with E-state index >= 15 is 4.39 Å². The van der Waals surface area contributed by atoms with Gasteiger partial charge in [0.05, 0.1) is 6.61 Å². The van der Waals surface area contributed by atoms with Gasteiger partial charge in [0, 0.05) is 12.5 Å². The molecular weight excluding hydrogens is 494 g/mol. The molecular formula is C29H24F6O2. The number of ether oxygens (including phenoxy) is 2. The fourth-order valence-corrected chi connectivity index (χ4v) is 4.25. The lowest BCUT2D eigenvalue weighted by atomic mass is 9.97. The van der Waals surface area contributed by atoms with Gasteiger partial charge < -0.3 is 9.47 Å². The number of rotatable bonds is 9. The lowest BCUT2D eigenvalue weighted by Crippen LogP contribution is -2.18. The molecule has 4 aromatic carbocycles. The molecule has 0 aliphatic rings. The van der Waals surface area contributed by atoms with Crippen LogP contribution in [-0.4, -0.2) is 13.5 Å². The second-order valence-electron chi connectivity index (χ2n) is 8.77. The Bertz CT molecular complexity index is 1400. The molecule has 0 radical (unpaired) electrons. The van der Waals surface area contributed by atoms with Gasteiger partial charge in [-0.2, -0.15) is 0 Å². The van der Waals surface area contributed by atoms with E-state index in [0.29, 0.717) is 46.9 Å². The number of halogens is 6. The van der Waals surface area contributed by atoms with Gasteiger partial charge in [-0.25, -0.2) is 13.2 Å². The van der Waals surface area contributed by atoms with Crippen molar-refractivity contribution in [1.82, 2.24) is 0 Å². The van der Waals surface area contributed by atoms with Crippen molar-refractivity contribution in [2.24, 2.45) is 0 Å². The SMILES string of the molecule is COCc1ccc(CCc2ccc3c(F)c(CCc4ccc(OC(F)(F)F)c(F)c4)ccc3c2)c(F)c1. The van der Waals surface area contributed by atoms with Crippen molar-refractivity contribution in [2.45, 2.75) is 38.7 Å². The summed E-state index contributed by atoms with van der Waals surface area (Å²) in [6.45, 7) is 0.343. The van der Waals surface area contributed by atoms with Gasteiger partial charge in [0.2, 0.25) is 0 Å². The van der Waals surface area contributed by atoms with Crippen molar-refractivity contribution in [1.29, 1.82) is 0 Å². The first kappa shape index (κ1) is 26.5. The van der Waals surface area contributed by atoms with Crippen molar-refractivity contribution in [3.8, 4) is 5.75 Å². The fraction of sp³-hybridized carbons (Fsp3) is 0.241. The van der Waals surface area contributed by atoms with Crippen molar-refractivity contribution in [3.05, 3.63) is 112 Å². The monoisotopic (exact) mass is 518 g/mol. The summed E-state index contributed by atoms with van der Waals surface area (Å²) in [7, 11) is 1.55. The number of methoxy groups -OCH3 is 1. The maximum atomic E-state index is 15.2. The highest BCUT2D eigenvalue weighted by Gasteiger charge is 2.32. The predicted molar refractivity (Wildman–Crippen MR) is 129 cm³/mol. The highest BCUT2D eigenvalue weighted by molar-refractivity contribution is 5.84. The second kappa shape index (κ2) is 11.3. The Hall–Kier alpha value is -3.52. The number of hydrogen-bond acceptors (Lipinski definition) is 2. The van der Waals surface area contributed by atoms with E-state index in [2.05, 4.69) is 4.74 Å². The number of fused-ring (bicyclic) bond motifs is 1. The predicted octanol–water partition coefficient (Wildman–Crippen LogP) is 7.87. The largest absolute Gasteiger partial charge is 0.573 e. The van der Waals surface area contributed by atoms with Crippen LogP contribution in [0.3, 0.4) is 0 Å². The molecule has 8 heteroatoms. The zero-order valence-corrected chi connectivity index (χ0v) is 20.0. The third kappa shape index (κ3) is 6.83. The molecule has 0 spiro atoms. The van der Waals surface area contributed by atoms with Crippen molar-refractivity contribution >= 4 is 10.8 Å². The highest BCUT2D eigenvalue weighted by atomic mass is 19.4. The van der Waals surface area contributed by atoms with Gasteiger partial charge in [-0.1, -0.05) is 48.5 Å². The number of alkyl halides is 3. The maximum absolute atomic E-state index is 15.2. The van der Waals surface area contributed by atoms with Crippen LogP contribution in [-0.2, 0) is 37.0 Å². The van der Waals surface area contributed by atoms with Crippen LogP contribution < -0.4 is 4.74 Å². The first-order chi connectivity index (χ1) is 17.6. The number of hydrogen-bond donors (Lipinski definition) is 0. The minimum atomic E-state index is -4.98. The van der Waals surface area contributed by atoms with Crippen LogP contribution in [0.15, 0.2) is 66.7 Å². The zero-order chi connectivity index (χ0) is 26.6. The maximum Gasteiger partial charge on any atom is 0.573 e. The Kier molecular flexibility index (Phi) is 8.07. The van der Waals surface area contributed by atoms with Crippen LogP contribution in [0.2, 0.25) is 0 Å². The summed E-state index contributed by atoms with van der Waals surface area (Å²) in [5.74, 6) is -2.73. The van der Waals surface area contributed by atoms with Crippen LogP contribution in [0.5, 0.6) is 5.75 Å². The van der Waals surface area contributed by atoms with E-state index in [1.165, 1.54) is 12.1 Å². The van der Waals surface area contributed by atoms with Gasteiger partial charge in [0.25, 0.3) is 0 Å². The molecule has 0 bridgehead atoms. The summed E-state index contributed by atoms with van der Waals surface area (Å²) >= 11 is 0. The summed E-state index contributed by atoms with van der Waals surface area (Å²) in [6.07, 6.45) is -3.43. The van der Waals surface area contributed by atoms with Crippen LogP contribution >= 0.6 is 0 Å². The van der Waals surface area contributed by atoms with E-state index in [0.717, 1.165) is 23.3 Å². The van der Waals surface area contributed by atoms with Crippen LogP contribution in [0.1, 0.15) is 27.8 Å². The average Bonchev–Trinajstić information content (AvgIpc) is 2.84. The molecule has 0 atom stereocenters. The van der Waals surface area contributed by atoms with Crippen LogP contribution in [0, 0.1) is 17.5 Å². The van der Waals surface area contributed by atoms with E-state index in [1.807, 2.05) is 12.1 Å². The van der Waals surface area contributed by atoms with E-state index in [-0.39, 0.29) is 18.7 Å². The minimum absolute atomic E-state index is 0.235. The smallest absolute Gasteiger partial charge is 0.403 e. The molecule has 2 nitrogen and oxygen atoms in total. The molecule has 4 aromatic rings. The van der Waals surface area contributed by atoms with Gasteiger partial charge >= 0.3 is 6.36 Å². The van der Waals surface area contributed by atoms with E-state index in [1.54, 1.807) is 37.4 Å². The lowest BCUT2D eigenvalue weighted by Gasteiger charge is -2.11. The van der Waals surface area contributed by atoms with Crippen molar-refractivity contribution in [2.75, 3.05) is 7.11 Å². The first-order valence-corrected chi connectivity index (χ1v) is 11.6. The van der Waals surface area contributed by atoms with Crippen molar-refractivity contribution < 1.29 is 35.8 Å². The molecule has 0 aliphatic heterocycles. The van der Waals surface area contributed by atoms with Crippen molar-refractivity contribution in [3.63, 3.8) is 0 Å². The Morgan fingerprint density at radius 1 is 0.649 bits per heavy atom. The summed E-state index contributed by atoms with van der Waals surface area (Å²) in [6, 6.07) is 17.0. The molecule has 0 saturated carbocycles. The second-order valence-corrected chi connectivity index (χ2v) is 8.77. The molecule has 0 N–H and O–H groups in total. The Morgan fingerprint density at radius 2 is 1.27 bits per heavy atom. The third-order valence-electron chi connectivity index (χ3n) is 6.11. The third-order valence-corrected chi connectivity index (χ3v) is 6.11. The summed E-state index contributed by atoms with van der Waals surface area (Å²) in [5.41, 5.74) is 3.13. The van der Waals surface area contributed by atoms with E-state index in [9.17, 15) is 22.0 Å². The number of benzene rings is 4. The minimum Gasteiger partial charge on any atom is -0.403 e. The highest BCUT2D eigenvalue weighted by Crippen LogP contribution is 2.28. The topological polar surface area (TPSA) is 18.5 Å². The van der Waals surface area contributed by atoms with Gasteiger partial charge in [-0.3, -0.25) is 0 Å². The molecule has 0 fully saturated rings. The Balaban J connectivity index is 1.42. The standard InChI is InChI=1S/C29H24F6O2/c1-36-17-20-4-8-21(25(30)16-20)7-2-18-5-12-24-23(14-18)11-10-22(28(24)32)9-3-19-6-13-27(26(31)15-19)37-29(33,34)35/h4-6,8,10-16H,2-3,7,9,17H2,1H3. The molecule has 0 amide bonds. The zero-order valence-electron chi connectivity index (χ0n) is 20.0. The van der Waals surface area contributed by atoms with Gasteiger partial charge in [-0.15, -0.1) is 13.2 Å².